The molecule has 0 spiro atoms. The average Bonchev–Trinajstić information content (AvgIpc) is 2.56. The van der Waals surface area contributed by atoms with Crippen molar-refractivity contribution in [3.63, 3.8) is 0 Å². The normalized spacial score (nSPS) is 14.4. The molecule has 0 unspecified atom stereocenters. The summed E-state index contributed by atoms with van der Waals surface area (Å²) in [7, 11) is 1.73. The highest BCUT2D eigenvalue weighted by Gasteiger charge is 2.30. The Labute approximate surface area is 170 Å². The number of rotatable bonds is 10. The van der Waals surface area contributed by atoms with Gasteiger partial charge in [0, 0.05) is 25.4 Å². The minimum Gasteiger partial charge on any atom is -0.461 e. The maximum absolute atomic E-state index is 12.5. The summed E-state index contributed by atoms with van der Waals surface area (Å²) in [5.41, 5.74) is 0.0785. The van der Waals surface area contributed by atoms with Gasteiger partial charge in [-0.05, 0) is 53.9 Å². The Morgan fingerprint density at radius 1 is 1.14 bits per heavy atom. The summed E-state index contributed by atoms with van der Waals surface area (Å²) in [5.74, 6) is -0.384. The Bertz CT molecular complexity index is 564. The van der Waals surface area contributed by atoms with Crippen LogP contribution in [0.5, 0.6) is 0 Å². The van der Waals surface area contributed by atoms with Crippen LogP contribution >= 0.6 is 0 Å². The molecule has 0 aliphatic rings. The van der Waals surface area contributed by atoms with E-state index in [1.54, 1.807) is 25.8 Å². The minimum absolute atomic E-state index is 0.0330. The molecule has 7 heteroatoms. The molecule has 0 aromatic carbocycles. The zero-order valence-corrected chi connectivity index (χ0v) is 19.0. The highest BCUT2D eigenvalue weighted by molar-refractivity contribution is 5.94. The molecule has 0 saturated heterocycles. The van der Waals surface area contributed by atoms with Gasteiger partial charge in [-0.25, -0.2) is 14.6 Å². The molecule has 7 nitrogen and oxygen atoms in total. The fraction of sp³-hybridized carbons (Fsp3) is 0.762. The van der Waals surface area contributed by atoms with Crippen molar-refractivity contribution < 1.29 is 23.8 Å². The third-order valence-corrected chi connectivity index (χ3v) is 4.06. The van der Waals surface area contributed by atoms with Crippen LogP contribution in [-0.4, -0.2) is 60.7 Å². The Morgan fingerprint density at radius 3 is 2.14 bits per heavy atom. The van der Waals surface area contributed by atoms with Crippen LogP contribution in [0.15, 0.2) is 17.3 Å². The molecule has 0 N–H and O–H groups in total. The topological polar surface area (TPSA) is 77.4 Å². The van der Waals surface area contributed by atoms with Gasteiger partial charge < -0.3 is 19.1 Å². The largest absolute Gasteiger partial charge is 0.461 e. The van der Waals surface area contributed by atoms with Crippen molar-refractivity contribution in [2.75, 3.05) is 20.3 Å². The number of amides is 1. The number of aliphatic imine (C=N–C) groups is 1. The van der Waals surface area contributed by atoms with Crippen LogP contribution in [0.25, 0.3) is 0 Å². The second-order valence-electron chi connectivity index (χ2n) is 8.00. The summed E-state index contributed by atoms with van der Waals surface area (Å²) >= 11 is 0. The second kappa shape index (κ2) is 11.8. The summed E-state index contributed by atoms with van der Waals surface area (Å²) < 4.78 is 16.3. The van der Waals surface area contributed by atoms with Crippen molar-refractivity contribution in [3.8, 4) is 0 Å². The van der Waals surface area contributed by atoms with E-state index in [-0.39, 0.29) is 36.5 Å². The monoisotopic (exact) mass is 398 g/mol. The molecule has 0 radical (unpaired) electrons. The molecule has 1 amide bonds. The van der Waals surface area contributed by atoms with Gasteiger partial charge in [-0.15, -0.1) is 0 Å². The number of ether oxygens (including phenoxy) is 3. The van der Waals surface area contributed by atoms with E-state index in [0.29, 0.717) is 18.7 Å². The van der Waals surface area contributed by atoms with Crippen LogP contribution in [0.1, 0.15) is 61.8 Å². The van der Waals surface area contributed by atoms with Crippen molar-refractivity contribution in [1.29, 1.82) is 0 Å². The molecule has 0 aliphatic carbocycles. The van der Waals surface area contributed by atoms with Crippen LogP contribution in [0, 0.1) is 5.92 Å². The predicted octanol–water partition coefficient (Wildman–Crippen LogP) is 4.21. The van der Waals surface area contributed by atoms with E-state index in [9.17, 15) is 9.59 Å². The molecule has 2 atom stereocenters. The molecule has 0 saturated carbocycles. The minimum atomic E-state index is -0.569. The fourth-order valence-corrected chi connectivity index (χ4v) is 2.67. The first-order valence-electron chi connectivity index (χ1n) is 9.82. The van der Waals surface area contributed by atoms with Gasteiger partial charge in [0.25, 0.3) is 0 Å². The van der Waals surface area contributed by atoms with Gasteiger partial charge in [0.1, 0.15) is 11.3 Å². The Kier molecular flexibility index (Phi) is 11.0. The molecular formula is C21H38N2O5. The van der Waals surface area contributed by atoms with E-state index in [0.717, 1.165) is 0 Å². The van der Waals surface area contributed by atoms with Gasteiger partial charge in [0.05, 0.1) is 12.7 Å². The van der Waals surface area contributed by atoms with Crippen LogP contribution in [-0.2, 0) is 19.0 Å². The average molecular weight is 399 g/mol. The van der Waals surface area contributed by atoms with E-state index in [4.69, 9.17) is 14.2 Å². The third kappa shape index (κ3) is 9.35. The first-order chi connectivity index (χ1) is 12.8. The number of carbonyl (C=O) groups excluding carboxylic acids is 2. The van der Waals surface area contributed by atoms with Crippen molar-refractivity contribution >= 4 is 17.8 Å². The number of nitrogens with zero attached hydrogens (tertiary/aromatic N) is 2. The standard InChI is InChI=1S/C21H38N2O5/c1-11-26-18(15(5)22-16(6)19(24)27-12-2)13-17(14(3)4)23(10)20(25)28-21(7,8)9/h14,17-18H,6,11-13H2,1-5,7-10H3/t17-,18-/m0/s1. The lowest BCUT2D eigenvalue weighted by Crippen LogP contribution is -2.46. The van der Waals surface area contributed by atoms with E-state index in [2.05, 4.69) is 11.6 Å². The van der Waals surface area contributed by atoms with Gasteiger partial charge in [0.2, 0.25) is 0 Å². The van der Waals surface area contributed by atoms with Gasteiger partial charge in [-0.2, -0.15) is 0 Å². The van der Waals surface area contributed by atoms with Crippen molar-refractivity contribution in [3.05, 3.63) is 12.3 Å². The van der Waals surface area contributed by atoms with E-state index >= 15 is 0 Å². The van der Waals surface area contributed by atoms with E-state index in [1.807, 2.05) is 41.5 Å². The molecular weight excluding hydrogens is 360 g/mol. The number of esters is 1. The first kappa shape index (κ1) is 26.1. The van der Waals surface area contributed by atoms with Gasteiger partial charge in [-0.3, -0.25) is 0 Å². The Balaban J connectivity index is 5.44. The lowest BCUT2D eigenvalue weighted by molar-refractivity contribution is -0.138. The zero-order chi connectivity index (χ0) is 22.1. The maximum Gasteiger partial charge on any atom is 0.410 e. The maximum atomic E-state index is 12.5. The molecule has 0 aliphatic heterocycles. The summed E-state index contributed by atoms with van der Waals surface area (Å²) in [6.07, 6.45) is -0.229. The molecule has 162 valence electrons. The first-order valence-corrected chi connectivity index (χ1v) is 9.82. The molecule has 0 rings (SSSR count). The molecule has 0 heterocycles. The van der Waals surface area contributed by atoms with Crippen LogP contribution < -0.4 is 0 Å². The zero-order valence-electron chi connectivity index (χ0n) is 19.0. The molecule has 0 aromatic rings. The summed E-state index contributed by atoms with van der Waals surface area (Å²) in [4.78, 5) is 30.2. The van der Waals surface area contributed by atoms with Gasteiger partial charge in [0.15, 0.2) is 0 Å². The number of carbonyl (C=O) groups is 2. The van der Waals surface area contributed by atoms with Crippen molar-refractivity contribution in [2.45, 2.75) is 79.6 Å². The number of hydrogen-bond acceptors (Lipinski definition) is 6. The molecule has 0 fully saturated rings. The predicted molar refractivity (Wildman–Crippen MR) is 112 cm³/mol. The summed E-state index contributed by atoms with van der Waals surface area (Å²) in [6, 6.07) is -0.132. The van der Waals surface area contributed by atoms with Crippen LogP contribution in [0.4, 0.5) is 4.79 Å². The SMILES string of the molecule is C=C(N=C(C)[C@H](C[C@@H](C(C)C)N(C)C(=O)OC(C)(C)C)OCC)C(=O)OCC. The smallest absolute Gasteiger partial charge is 0.410 e. The lowest BCUT2D eigenvalue weighted by atomic mass is 9.95. The lowest BCUT2D eigenvalue weighted by Gasteiger charge is -2.35. The second-order valence-corrected chi connectivity index (χ2v) is 8.00. The van der Waals surface area contributed by atoms with E-state index in [1.165, 1.54) is 0 Å². The van der Waals surface area contributed by atoms with Crippen LogP contribution in [0.2, 0.25) is 0 Å². The quantitative estimate of drug-likeness (QED) is 0.313. The number of hydrogen-bond donors (Lipinski definition) is 0. The van der Waals surface area contributed by atoms with Crippen molar-refractivity contribution in [2.24, 2.45) is 10.9 Å². The molecule has 0 bridgehead atoms. The Hall–Kier alpha value is -1.89. The summed E-state index contributed by atoms with van der Waals surface area (Å²) in [6.45, 7) is 19.4. The third-order valence-electron chi connectivity index (χ3n) is 4.06. The van der Waals surface area contributed by atoms with Crippen molar-refractivity contribution in [1.82, 2.24) is 4.90 Å². The van der Waals surface area contributed by atoms with Crippen LogP contribution in [0.3, 0.4) is 0 Å². The molecule has 0 aromatic heterocycles. The van der Waals surface area contributed by atoms with E-state index < -0.39 is 11.6 Å². The molecule has 28 heavy (non-hydrogen) atoms. The summed E-state index contributed by atoms with van der Waals surface area (Å²) in [5, 5.41) is 0. The van der Waals surface area contributed by atoms with Gasteiger partial charge >= 0.3 is 12.1 Å². The Morgan fingerprint density at radius 2 is 1.71 bits per heavy atom. The fourth-order valence-electron chi connectivity index (χ4n) is 2.67. The highest BCUT2D eigenvalue weighted by atomic mass is 16.6. The van der Waals surface area contributed by atoms with Gasteiger partial charge in [-0.1, -0.05) is 20.4 Å². The highest BCUT2D eigenvalue weighted by Crippen LogP contribution is 2.21.